The molecule has 4 nitrogen and oxygen atoms in total. The van der Waals surface area contributed by atoms with Gasteiger partial charge in [0, 0.05) is 25.2 Å². The van der Waals surface area contributed by atoms with Gasteiger partial charge >= 0.3 is 0 Å². The van der Waals surface area contributed by atoms with Crippen LogP contribution in [-0.2, 0) is 4.79 Å². The summed E-state index contributed by atoms with van der Waals surface area (Å²) in [6.45, 7) is 13.5. The van der Waals surface area contributed by atoms with Gasteiger partial charge in [0.1, 0.15) is 0 Å². The summed E-state index contributed by atoms with van der Waals surface area (Å²) >= 11 is 0. The lowest BCUT2D eigenvalue weighted by atomic mass is 9.93. The minimum Gasteiger partial charge on any atom is -0.353 e. The number of rotatable bonds is 5. The molecule has 106 valence electrons. The van der Waals surface area contributed by atoms with Crippen LogP contribution in [0, 0.1) is 5.92 Å². The molecule has 3 unspecified atom stereocenters. The molecule has 0 aromatic carbocycles. The SMILES string of the molecule is CCNC1CCN(C(C)C(=O)NC(C)C)CC1C. The fraction of sp³-hybridized carbons (Fsp3) is 0.929. The van der Waals surface area contributed by atoms with E-state index in [-0.39, 0.29) is 18.0 Å². The van der Waals surface area contributed by atoms with Gasteiger partial charge in [0.25, 0.3) is 0 Å². The highest BCUT2D eigenvalue weighted by Crippen LogP contribution is 2.18. The van der Waals surface area contributed by atoms with Gasteiger partial charge in [0.05, 0.1) is 6.04 Å². The number of amides is 1. The fourth-order valence-corrected chi connectivity index (χ4v) is 2.67. The molecule has 0 spiro atoms. The van der Waals surface area contributed by atoms with Crippen molar-refractivity contribution in [1.29, 1.82) is 0 Å². The quantitative estimate of drug-likeness (QED) is 0.776. The van der Waals surface area contributed by atoms with Crippen LogP contribution in [0.15, 0.2) is 0 Å². The molecule has 0 saturated carbocycles. The lowest BCUT2D eigenvalue weighted by Crippen LogP contribution is -2.54. The predicted octanol–water partition coefficient (Wildman–Crippen LogP) is 1.22. The zero-order chi connectivity index (χ0) is 13.7. The maximum Gasteiger partial charge on any atom is 0.237 e. The van der Waals surface area contributed by atoms with E-state index in [0.29, 0.717) is 12.0 Å². The summed E-state index contributed by atoms with van der Waals surface area (Å²) < 4.78 is 0. The number of likely N-dealkylation sites (tertiary alicyclic amines) is 1. The predicted molar refractivity (Wildman–Crippen MR) is 75.6 cm³/mol. The molecule has 0 bridgehead atoms. The minimum absolute atomic E-state index is 0.0163. The number of nitrogens with zero attached hydrogens (tertiary/aromatic N) is 1. The zero-order valence-electron chi connectivity index (χ0n) is 12.5. The molecule has 1 aliphatic rings. The van der Waals surface area contributed by atoms with E-state index in [2.05, 4.69) is 29.4 Å². The third-order valence-corrected chi connectivity index (χ3v) is 3.76. The van der Waals surface area contributed by atoms with E-state index in [1.165, 1.54) is 0 Å². The molecule has 3 atom stereocenters. The molecule has 0 aromatic rings. The van der Waals surface area contributed by atoms with Gasteiger partial charge in [0.2, 0.25) is 5.91 Å². The van der Waals surface area contributed by atoms with E-state index >= 15 is 0 Å². The van der Waals surface area contributed by atoms with Crippen molar-refractivity contribution in [2.75, 3.05) is 19.6 Å². The standard InChI is InChI=1S/C14H29N3O/c1-6-15-13-7-8-17(9-11(13)4)12(5)14(18)16-10(2)3/h10-13,15H,6-9H2,1-5H3,(H,16,18). The lowest BCUT2D eigenvalue weighted by molar-refractivity contribution is -0.127. The second-order valence-electron chi connectivity index (χ2n) is 5.76. The van der Waals surface area contributed by atoms with Gasteiger partial charge in [0.15, 0.2) is 0 Å². The first-order chi connectivity index (χ1) is 8.45. The molecule has 0 aromatic heterocycles. The van der Waals surface area contributed by atoms with Gasteiger partial charge in [-0.15, -0.1) is 0 Å². The molecule has 2 N–H and O–H groups in total. The van der Waals surface area contributed by atoms with E-state index in [1.807, 2.05) is 20.8 Å². The minimum atomic E-state index is -0.0163. The molecular weight excluding hydrogens is 226 g/mol. The Morgan fingerprint density at radius 1 is 1.39 bits per heavy atom. The molecule has 1 heterocycles. The molecular formula is C14H29N3O. The molecule has 1 saturated heterocycles. The molecule has 1 rings (SSSR count). The molecule has 1 amide bonds. The summed E-state index contributed by atoms with van der Waals surface area (Å²) in [6, 6.07) is 0.806. The highest BCUT2D eigenvalue weighted by Gasteiger charge is 2.30. The summed E-state index contributed by atoms with van der Waals surface area (Å²) in [5.41, 5.74) is 0. The van der Waals surface area contributed by atoms with E-state index in [9.17, 15) is 4.79 Å². The molecule has 1 fully saturated rings. The Hall–Kier alpha value is -0.610. The Morgan fingerprint density at radius 2 is 2.06 bits per heavy atom. The summed E-state index contributed by atoms with van der Waals surface area (Å²) in [5.74, 6) is 0.757. The van der Waals surface area contributed by atoms with Crippen molar-refractivity contribution in [3.05, 3.63) is 0 Å². The first-order valence-electron chi connectivity index (χ1n) is 7.23. The number of hydrogen-bond acceptors (Lipinski definition) is 3. The highest BCUT2D eigenvalue weighted by atomic mass is 16.2. The smallest absolute Gasteiger partial charge is 0.237 e. The van der Waals surface area contributed by atoms with Crippen molar-refractivity contribution in [3.8, 4) is 0 Å². The van der Waals surface area contributed by atoms with Crippen LogP contribution in [0.3, 0.4) is 0 Å². The molecule has 4 heteroatoms. The Kier molecular flexibility index (Phi) is 6.09. The average Bonchev–Trinajstić information content (AvgIpc) is 2.30. The summed E-state index contributed by atoms with van der Waals surface area (Å²) in [6.07, 6.45) is 1.13. The largest absolute Gasteiger partial charge is 0.353 e. The van der Waals surface area contributed by atoms with Crippen molar-refractivity contribution in [3.63, 3.8) is 0 Å². The topological polar surface area (TPSA) is 44.4 Å². The van der Waals surface area contributed by atoms with Gasteiger partial charge < -0.3 is 10.6 Å². The molecule has 18 heavy (non-hydrogen) atoms. The average molecular weight is 255 g/mol. The van der Waals surface area contributed by atoms with Gasteiger partial charge in [-0.3, -0.25) is 9.69 Å². The van der Waals surface area contributed by atoms with Gasteiger partial charge in [-0.1, -0.05) is 13.8 Å². The molecule has 1 aliphatic heterocycles. The normalized spacial score (nSPS) is 27.2. The molecule has 0 aliphatic carbocycles. The van der Waals surface area contributed by atoms with Gasteiger partial charge in [-0.05, 0) is 39.7 Å². The Morgan fingerprint density at radius 3 is 2.56 bits per heavy atom. The van der Waals surface area contributed by atoms with Crippen molar-refractivity contribution >= 4 is 5.91 Å². The third-order valence-electron chi connectivity index (χ3n) is 3.76. The first kappa shape index (κ1) is 15.4. The van der Waals surface area contributed by atoms with E-state index in [0.717, 1.165) is 26.1 Å². The Labute approximate surface area is 111 Å². The van der Waals surface area contributed by atoms with Crippen molar-refractivity contribution < 1.29 is 4.79 Å². The molecule has 0 radical (unpaired) electrons. The summed E-state index contributed by atoms with van der Waals surface area (Å²) in [4.78, 5) is 14.3. The summed E-state index contributed by atoms with van der Waals surface area (Å²) in [5, 5.41) is 6.52. The van der Waals surface area contributed by atoms with Crippen LogP contribution in [0.1, 0.15) is 41.0 Å². The van der Waals surface area contributed by atoms with E-state index in [4.69, 9.17) is 0 Å². The fourth-order valence-electron chi connectivity index (χ4n) is 2.67. The highest BCUT2D eigenvalue weighted by molar-refractivity contribution is 5.81. The maximum atomic E-state index is 12.0. The van der Waals surface area contributed by atoms with Crippen LogP contribution in [0.25, 0.3) is 0 Å². The van der Waals surface area contributed by atoms with Crippen LogP contribution < -0.4 is 10.6 Å². The number of carbonyl (C=O) groups excluding carboxylic acids is 1. The first-order valence-corrected chi connectivity index (χ1v) is 7.23. The second kappa shape index (κ2) is 7.10. The van der Waals surface area contributed by atoms with Crippen molar-refractivity contribution in [2.45, 2.75) is 59.2 Å². The van der Waals surface area contributed by atoms with E-state index in [1.54, 1.807) is 0 Å². The Balaban J connectivity index is 2.47. The third kappa shape index (κ3) is 4.25. The number of hydrogen-bond donors (Lipinski definition) is 2. The van der Waals surface area contributed by atoms with Gasteiger partial charge in [-0.2, -0.15) is 0 Å². The van der Waals surface area contributed by atoms with E-state index < -0.39 is 0 Å². The van der Waals surface area contributed by atoms with Crippen LogP contribution >= 0.6 is 0 Å². The van der Waals surface area contributed by atoms with Crippen LogP contribution in [0.5, 0.6) is 0 Å². The maximum absolute atomic E-state index is 12.0. The summed E-state index contributed by atoms with van der Waals surface area (Å²) in [7, 11) is 0. The number of carbonyl (C=O) groups is 1. The monoisotopic (exact) mass is 255 g/mol. The van der Waals surface area contributed by atoms with Crippen molar-refractivity contribution in [1.82, 2.24) is 15.5 Å². The van der Waals surface area contributed by atoms with Crippen LogP contribution in [0.2, 0.25) is 0 Å². The van der Waals surface area contributed by atoms with Crippen LogP contribution in [-0.4, -0.2) is 48.6 Å². The number of piperidine rings is 1. The lowest BCUT2D eigenvalue weighted by Gasteiger charge is -2.39. The van der Waals surface area contributed by atoms with Crippen molar-refractivity contribution in [2.24, 2.45) is 5.92 Å². The second-order valence-corrected chi connectivity index (χ2v) is 5.76. The Bertz CT molecular complexity index is 268. The van der Waals surface area contributed by atoms with Crippen LogP contribution in [0.4, 0.5) is 0 Å². The van der Waals surface area contributed by atoms with Gasteiger partial charge in [-0.25, -0.2) is 0 Å². The number of nitrogens with one attached hydrogen (secondary N) is 2. The zero-order valence-corrected chi connectivity index (χ0v) is 12.5.